The third-order valence-corrected chi connectivity index (χ3v) is 9.36. The molecule has 2 aliphatic rings. The van der Waals surface area contributed by atoms with Gasteiger partial charge in [0.1, 0.15) is 5.82 Å². The van der Waals surface area contributed by atoms with Gasteiger partial charge in [-0.15, -0.1) is 11.3 Å². The van der Waals surface area contributed by atoms with Gasteiger partial charge in [0.2, 0.25) is 15.9 Å². The maximum Gasteiger partial charge on any atom is 0.243 e. The van der Waals surface area contributed by atoms with E-state index in [-0.39, 0.29) is 16.6 Å². The number of carbonyl (C=O) groups is 1. The van der Waals surface area contributed by atoms with Gasteiger partial charge in [0.05, 0.1) is 29.5 Å². The number of hydrogen-bond acceptors (Lipinski definition) is 6. The summed E-state index contributed by atoms with van der Waals surface area (Å²) in [6.07, 6.45) is 2.29. The van der Waals surface area contributed by atoms with E-state index in [4.69, 9.17) is 9.73 Å². The number of rotatable bonds is 8. The van der Waals surface area contributed by atoms with Crippen LogP contribution in [0.4, 0.5) is 10.1 Å². The Morgan fingerprint density at radius 3 is 2.38 bits per heavy atom. The number of carbonyl (C=O) groups excluding carboxylic acids is 1. The van der Waals surface area contributed by atoms with Crippen LogP contribution in [-0.2, 0) is 26.1 Å². The number of halogens is 1. The van der Waals surface area contributed by atoms with Crippen molar-refractivity contribution >= 4 is 33.0 Å². The molecule has 2 saturated heterocycles. The molecule has 0 aliphatic carbocycles. The summed E-state index contributed by atoms with van der Waals surface area (Å²) in [5, 5.41) is 1.99. The van der Waals surface area contributed by atoms with E-state index in [2.05, 4.69) is 4.57 Å². The molecule has 0 spiro atoms. The normalized spacial score (nSPS) is 17.6. The number of benzene rings is 2. The summed E-state index contributed by atoms with van der Waals surface area (Å²) in [6, 6.07) is 12.9. The second-order valence-corrected chi connectivity index (χ2v) is 11.8. The van der Waals surface area contributed by atoms with Gasteiger partial charge in [0.15, 0.2) is 4.80 Å². The number of thiazole rings is 1. The van der Waals surface area contributed by atoms with Crippen LogP contribution < -0.4 is 4.80 Å². The second-order valence-electron chi connectivity index (χ2n) is 9.02. The van der Waals surface area contributed by atoms with Gasteiger partial charge < -0.3 is 14.2 Å². The Morgan fingerprint density at radius 1 is 0.973 bits per heavy atom. The summed E-state index contributed by atoms with van der Waals surface area (Å²) in [7, 11) is -3.57. The van der Waals surface area contributed by atoms with E-state index < -0.39 is 10.0 Å². The molecule has 1 aromatic heterocycles. The summed E-state index contributed by atoms with van der Waals surface area (Å²) in [5.41, 5.74) is 2.43. The molecule has 11 heteroatoms. The number of likely N-dealkylation sites (tertiary alicyclic amines) is 1. The Morgan fingerprint density at radius 2 is 1.70 bits per heavy atom. The van der Waals surface area contributed by atoms with Gasteiger partial charge >= 0.3 is 0 Å². The molecule has 0 atom stereocenters. The molecule has 0 N–H and O–H groups in total. The highest BCUT2D eigenvalue weighted by Crippen LogP contribution is 2.24. The van der Waals surface area contributed by atoms with E-state index in [9.17, 15) is 17.6 Å². The zero-order valence-electron chi connectivity index (χ0n) is 20.4. The van der Waals surface area contributed by atoms with E-state index in [1.54, 1.807) is 36.4 Å². The molecule has 3 aromatic rings. The van der Waals surface area contributed by atoms with Crippen molar-refractivity contribution in [2.45, 2.75) is 30.7 Å². The van der Waals surface area contributed by atoms with Crippen molar-refractivity contribution in [2.24, 2.45) is 4.99 Å². The van der Waals surface area contributed by atoms with Crippen LogP contribution >= 0.6 is 11.3 Å². The predicted octanol–water partition coefficient (Wildman–Crippen LogP) is 3.62. The van der Waals surface area contributed by atoms with E-state index in [0.29, 0.717) is 51.5 Å². The Kier molecular flexibility index (Phi) is 7.84. The van der Waals surface area contributed by atoms with Crippen LogP contribution in [0.5, 0.6) is 0 Å². The summed E-state index contributed by atoms with van der Waals surface area (Å²) in [6.45, 7) is 3.60. The van der Waals surface area contributed by atoms with Crippen molar-refractivity contribution in [1.29, 1.82) is 0 Å². The van der Waals surface area contributed by atoms with Crippen molar-refractivity contribution in [3.8, 4) is 11.3 Å². The highest BCUT2D eigenvalue weighted by molar-refractivity contribution is 7.89. The average molecular weight is 545 g/mol. The topological polar surface area (TPSA) is 84.2 Å². The summed E-state index contributed by atoms with van der Waals surface area (Å²) >= 11 is 1.47. The Balaban J connectivity index is 1.41. The molecule has 1 amide bonds. The minimum atomic E-state index is -3.57. The van der Waals surface area contributed by atoms with Crippen LogP contribution in [0, 0.1) is 5.82 Å². The van der Waals surface area contributed by atoms with Crippen LogP contribution in [0.1, 0.15) is 19.3 Å². The lowest BCUT2D eigenvalue weighted by Crippen LogP contribution is -2.40. The fourth-order valence-corrected chi connectivity index (χ4v) is 6.95. The smallest absolute Gasteiger partial charge is 0.243 e. The monoisotopic (exact) mass is 544 g/mol. The molecule has 2 aromatic carbocycles. The Labute approximate surface area is 219 Å². The molecule has 3 heterocycles. The number of nitrogens with zero attached hydrogens (tertiary/aromatic N) is 4. The number of aromatic nitrogens is 1. The van der Waals surface area contributed by atoms with Crippen molar-refractivity contribution in [3.05, 3.63) is 64.5 Å². The van der Waals surface area contributed by atoms with Crippen LogP contribution in [0.25, 0.3) is 11.3 Å². The van der Waals surface area contributed by atoms with Gasteiger partial charge in [-0.05, 0) is 66.9 Å². The van der Waals surface area contributed by atoms with E-state index in [1.807, 2.05) is 10.3 Å². The van der Waals surface area contributed by atoms with Crippen molar-refractivity contribution in [2.75, 3.05) is 39.4 Å². The maximum atomic E-state index is 13.5. The quantitative estimate of drug-likeness (QED) is 0.434. The molecule has 0 unspecified atom stereocenters. The SMILES string of the molecule is O=C1CCCN1CCCn1c(-c2ccc(F)cc2)csc1=Nc1ccc(S(=O)(=O)N2CCOCC2)cc1. The van der Waals surface area contributed by atoms with Crippen molar-refractivity contribution in [1.82, 2.24) is 13.8 Å². The molecule has 2 aliphatic heterocycles. The maximum absolute atomic E-state index is 13.5. The molecule has 8 nitrogen and oxygen atoms in total. The average Bonchev–Trinajstić information content (AvgIpc) is 3.51. The van der Waals surface area contributed by atoms with Crippen molar-refractivity contribution < 1.29 is 22.3 Å². The summed E-state index contributed by atoms with van der Waals surface area (Å²) < 4.78 is 48.2. The number of sulfonamides is 1. The number of morpholine rings is 1. The molecule has 5 rings (SSSR count). The largest absolute Gasteiger partial charge is 0.379 e. The van der Waals surface area contributed by atoms with Crippen LogP contribution in [-0.4, -0.2) is 67.5 Å². The first-order valence-corrected chi connectivity index (χ1v) is 14.7. The number of ether oxygens (including phenoxy) is 1. The van der Waals surface area contributed by atoms with Gasteiger partial charge in [-0.1, -0.05) is 0 Å². The first-order chi connectivity index (χ1) is 17.9. The minimum Gasteiger partial charge on any atom is -0.379 e. The lowest BCUT2D eigenvalue weighted by molar-refractivity contribution is -0.127. The minimum absolute atomic E-state index is 0.200. The second kappa shape index (κ2) is 11.3. The Bertz CT molecular complexity index is 1410. The molecule has 0 radical (unpaired) electrons. The highest BCUT2D eigenvalue weighted by Gasteiger charge is 2.26. The third kappa shape index (κ3) is 5.85. The molecular formula is C26H29FN4O4S2. The summed E-state index contributed by atoms with van der Waals surface area (Å²) in [4.78, 5) is 19.7. The van der Waals surface area contributed by atoms with Crippen LogP contribution in [0.3, 0.4) is 0 Å². The lowest BCUT2D eigenvalue weighted by Gasteiger charge is -2.26. The predicted molar refractivity (Wildman–Crippen MR) is 139 cm³/mol. The first kappa shape index (κ1) is 25.8. The van der Waals surface area contributed by atoms with Gasteiger partial charge in [0, 0.05) is 44.5 Å². The standard InChI is InChI=1S/C26H29FN4O4S2/c27-21-6-4-20(5-7-21)24-19-36-26(31(24)14-2-13-29-12-1-3-25(29)32)28-22-8-10-23(11-9-22)37(33,34)30-15-17-35-18-16-30/h4-11,19H,1-3,12-18H2. The van der Waals surface area contributed by atoms with Crippen LogP contribution in [0.15, 0.2) is 63.8 Å². The molecular weight excluding hydrogens is 515 g/mol. The highest BCUT2D eigenvalue weighted by atomic mass is 32.2. The van der Waals surface area contributed by atoms with Gasteiger partial charge in [-0.2, -0.15) is 4.31 Å². The van der Waals surface area contributed by atoms with Gasteiger partial charge in [-0.25, -0.2) is 17.8 Å². The van der Waals surface area contributed by atoms with E-state index >= 15 is 0 Å². The van der Waals surface area contributed by atoms with Gasteiger partial charge in [-0.3, -0.25) is 4.79 Å². The fourth-order valence-electron chi connectivity index (χ4n) is 4.59. The lowest BCUT2D eigenvalue weighted by atomic mass is 10.1. The fraction of sp³-hybridized carbons (Fsp3) is 0.385. The van der Waals surface area contributed by atoms with Crippen LogP contribution in [0.2, 0.25) is 0 Å². The van der Waals surface area contributed by atoms with E-state index in [1.165, 1.54) is 27.8 Å². The molecule has 37 heavy (non-hydrogen) atoms. The van der Waals surface area contributed by atoms with Gasteiger partial charge in [0.25, 0.3) is 0 Å². The molecule has 196 valence electrons. The molecule has 0 bridgehead atoms. The summed E-state index contributed by atoms with van der Waals surface area (Å²) in [5.74, 6) is -0.0961. The first-order valence-electron chi connectivity index (χ1n) is 12.4. The zero-order valence-corrected chi connectivity index (χ0v) is 22.0. The van der Waals surface area contributed by atoms with E-state index in [0.717, 1.165) is 35.4 Å². The molecule has 2 fully saturated rings. The number of hydrogen-bond donors (Lipinski definition) is 0. The third-order valence-electron chi connectivity index (χ3n) is 6.59. The molecule has 0 saturated carbocycles. The Hall–Kier alpha value is -2.86. The van der Waals surface area contributed by atoms with Crippen molar-refractivity contribution in [3.63, 3.8) is 0 Å². The number of amides is 1. The zero-order chi connectivity index (χ0) is 25.8.